The predicted octanol–water partition coefficient (Wildman–Crippen LogP) is 2.45. The Morgan fingerprint density at radius 1 is 1.07 bits per heavy atom. The van der Waals surface area contributed by atoms with Gasteiger partial charge in [-0.05, 0) is 31.7 Å². The lowest BCUT2D eigenvalue weighted by Gasteiger charge is -2.45. The van der Waals surface area contributed by atoms with Crippen LogP contribution in [-0.2, 0) is 25.6 Å². The summed E-state index contributed by atoms with van der Waals surface area (Å²) in [4.78, 5) is 29.2. The van der Waals surface area contributed by atoms with Gasteiger partial charge in [0.15, 0.2) is 0 Å². The van der Waals surface area contributed by atoms with Crippen LogP contribution in [0.1, 0.15) is 38.2 Å². The molecule has 0 saturated carbocycles. The van der Waals surface area contributed by atoms with Crippen LogP contribution >= 0.6 is 0 Å². The molecule has 2 fully saturated rings. The van der Waals surface area contributed by atoms with Crippen LogP contribution in [0, 0.1) is 0 Å². The van der Waals surface area contributed by atoms with Gasteiger partial charge in [0.05, 0.1) is 0 Å². The third-order valence-corrected chi connectivity index (χ3v) is 6.01. The minimum atomic E-state index is -0.128. The molecule has 3 aliphatic rings. The Bertz CT molecular complexity index is 751. The highest BCUT2D eigenvalue weighted by Gasteiger charge is 2.47. The normalized spacial score (nSPS) is 22.0. The van der Waals surface area contributed by atoms with Crippen molar-refractivity contribution in [2.75, 3.05) is 26.3 Å². The van der Waals surface area contributed by atoms with E-state index in [0.717, 1.165) is 24.8 Å². The third kappa shape index (κ3) is 3.40. The zero-order valence-electron chi connectivity index (χ0n) is 15.8. The Balaban J connectivity index is 1.45. The van der Waals surface area contributed by atoms with Crippen LogP contribution in [0.15, 0.2) is 41.9 Å². The Hall–Kier alpha value is -2.50. The Labute approximate surface area is 159 Å². The maximum absolute atomic E-state index is 12.8. The quantitative estimate of drug-likeness (QED) is 0.820. The van der Waals surface area contributed by atoms with Gasteiger partial charge in [0.25, 0.3) is 5.91 Å². The number of hydrogen-bond donors (Lipinski definition) is 0. The lowest BCUT2D eigenvalue weighted by Crippen LogP contribution is -2.54. The number of likely N-dealkylation sites (tertiary alicyclic amines) is 2. The van der Waals surface area contributed by atoms with Gasteiger partial charge in [-0.1, -0.05) is 30.3 Å². The fourth-order valence-corrected chi connectivity index (χ4v) is 4.40. The molecule has 0 unspecified atom stereocenters. The van der Waals surface area contributed by atoms with Gasteiger partial charge in [-0.2, -0.15) is 0 Å². The van der Waals surface area contributed by atoms with E-state index < -0.39 is 0 Å². The van der Waals surface area contributed by atoms with E-state index >= 15 is 0 Å². The van der Waals surface area contributed by atoms with E-state index in [0.29, 0.717) is 50.8 Å². The summed E-state index contributed by atoms with van der Waals surface area (Å²) in [7, 11) is 0. The molecule has 0 bridgehead atoms. The van der Waals surface area contributed by atoms with E-state index in [-0.39, 0.29) is 17.4 Å². The number of carbonyl (C=O) groups excluding carboxylic acids is 2. The molecule has 0 aliphatic carbocycles. The fourth-order valence-electron chi connectivity index (χ4n) is 4.40. The highest BCUT2D eigenvalue weighted by Crippen LogP contribution is 2.40. The van der Waals surface area contributed by atoms with E-state index in [1.807, 2.05) is 23.1 Å². The molecule has 27 heavy (non-hydrogen) atoms. The fraction of sp³-hybridized carbons (Fsp3) is 0.524. The minimum Gasteiger partial charge on any atom is -0.491 e. The Kier molecular flexibility index (Phi) is 4.81. The number of amides is 2. The molecule has 0 atom stereocenters. The topological polar surface area (TPSA) is 59.1 Å². The average molecular weight is 370 g/mol. The van der Waals surface area contributed by atoms with Crippen molar-refractivity contribution in [1.29, 1.82) is 0 Å². The molecule has 1 aromatic rings. The van der Waals surface area contributed by atoms with Gasteiger partial charge in [0.2, 0.25) is 11.7 Å². The number of nitrogens with zero attached hydrogens (tertiary/aromatic N) is 2. The molecule has 2 saturated heterocycles. The zero-order chi connectivity index (χ0) is 18.9. The summed E-state index contributed by atoms with van der Waals surface area (Å²) in [6.07, 6.45) is 3.10. The monoisotopic (exact) mass is 370 g/mol. The maximum Gasteiger partial charge on any atom is 0.292 e. The van der Waals surface area contributed by atoms with Crippen LogP contribution in [0.2, 0.25) is 0 Å². The first-order chi connectivity index (χ1) is 13.1. The lowest BCUT2D eigenvalue weighted by atomic mass is 9.84. The highest BCUT2D eigenvalue weighted by molar-refractivity contribution is 5.92. The minimum absolute atomic E-state index is 0.0963. The number of ether oxygens (including phenoxy) is 2. The van der Waals surface area contributed by atoms with Crippen molar-refractivity contribution in [3.05, 3.63) is 47.4 Å². The van der Waals surface area contributed by atoms with Crippen molar-refractivity contribution >= 4 is 11.8 Å². The van der Waals surface area contributed by atoms with Crippen molar-refractivity contribution in [3.8, 4) is 0 Å². The Morgan fingerprint density at radius 3 is 2.48 bits per heavy atom. The molecule has 6 heteroatoms. The van der Waals surface area contributed by atoms with Gasteiger partial charge < -0.3 is 19.3 Å². The molecule has 0 radical (unpaired) electrons. The summed E-state index contributed by atoms with van der Waals surface area (Å²) in [6.45, 7) is 4.59. The van der Waals surface area contributed by atoms with Crippen molar-refractivity contribution in [2.45, 2.75) is 44.7 Å². The van der Waals surface area contributed by atoms with Crippen molar-refractivity contribution in [3.63, 3.8) is 0 Å². The maximum atomic E-state index is 12.8. The van der Waals surface area contributed by atoms with Crippen LogP contribution < -0.4 is 0 Å². The van der Waals surface area contributed by atoms with Crippen LogP contribution in [0.4, 0.5) is 0 Å². The predicted molar refractivity (Wildman–Crippen MR) is 99.4 cm³/mol. The molecule has 4 rings (SSSR count). The zero-order valence-corrected chi connectivity index (χ0v) is 15.8. The summed E-state index contributed by atoms with van der Waals surface area (Å²) >= 11 is 0. The molecular formula is C21H26N2O4. The summed E-state index contributed by atoms with van der Waals surface area (Å²) in [6, 6.07) is 10.1. The number of carbonyl (C=O) groups is 2. The molecule has 1 spiro atoms. The molecule has 1 aromatic carbocycles. The summed E-state index contributed by atoms with van der Waals surface area (Å²) in [5.41, 5.74) is 1.02. The standard InChI is InChI=1S/C21H26N2O4/c1-16-19(27-14-13-26-16)20(25)22-11-9-21(10-12-22)8-7-18(24)23(21)15-17-5-3-2-4-6-17/h2-6H,7-15H2,1H3. The molecule has 0 N–H and O–H groups in total. The first-order valence-corrected chi connectivity index (χ1v) is 9.69. The third-order valence-electron chi connectivity index (χ3n) is 6.01. The molecule has 144 valence electrons. The van der Waals surface area contributed by atoms with Gasteiger partial charge in [-0.15, -0.1) is 0 Å². The van der Waals surface area contributed by atoms with Crippen LogP contribution in [0.5, 0.6) is 0 Å². The van der Waals surface area contributed by atoms with Crippen molar-refractivity contribution < 1.29 is 19.1 Å². The van der Waals surface area contributed by atoms with E-state index in [4.69, 9.17) is 9.47 Å². The van der Waals surface area contributed by atoms with Gasteiger partial charge in [-0.25, -0.2) is 0 Å². The van der Waals surface area contributed by atoms with Crippen LogP contribution in [0.3, 0.4) is 0 Å². The van der Waals surface area contributed by atoms with E-state index in [9.17, 15) is 9.59 Å². The molecule has 6 nitrogen and oxygen atoms in total. The number of benzene rings is 1. The largest absolute Gasteiger partial charge is 0.491 e. The van der Waals surface area contributed by atoms with Gasteiger partial charge in [0.1, 0.15) is 19.0 Å². The van der Waals surface area contributed by atoms with E-state index in [2.05, 4.69) is 17.0 Å². The van der Waals surface area contributed by atoms with E-state index in [1.54, 1.807) is 6.92 Å². The summed E-state index contributed by atoms with van der Waals surface area (Å²) in [5, 5.41) is 0. The van der Waals surface area contributed by atoms with Gasteiger partial charge in [0, 0.05) is 31.6 Å². The average Bonchev–Trinajstić information content (AvgIpc) is 2.99. The van der Waals surface area contributed by atoms with Crippen LogP contribution in [0.25, 0.3) is 0 Å². The number of piperidine rings is 1. The second-order valence-electron chi connectivity index (χ2n) is 7.56. The summed E-state index contributed by atoms with van der Waals surface area (Å²) in [5.74, 6) is 1.02. The number of hydrogen-bond acceptors (Lipinski definition) is 4. The van der Waals surface area contributed by atoms with E-state index in [1.165, 1.54) is 0 Å². The van der Waals surface area contributed by atoms with Crippen LogP contribution in [-0.4, -0.2) is 53.5 Å². The molecule has 3 heterocycles. The smallest absolute Gasteiger partial charge is 0.292 e. The SMILES string of the molecule is CC1=C(C(=O)N2CCC3(CCC(=O)N3Cc3ccccc3)CC2)OCCO1. The number of allylic oxidation sites excluding steroid dienone is 1. The second kappa shape index (κ2) is 7.25. The number of rotatable bonds is 3. The Morgan fingerprint density at radius 2 is 1.78 bits per heavy atom. The van der Waals surface area contributed by atoms with Crippen molar-refractivity contribution in [1.82, 2.24) is 9.80 Å². The first-order valence-electron chi connectivity index (χ1n) is 9.69. The lowest BCUT2D eigenvalue weighted by molar-refractivity contribution is -0.138. The molecule has 0 aromatic heterocycles. The summed E-state index contributed by atoms with van der Waals surface area (Å²) < 4.78 is 11.0. The highest BCUT2D eigenvalue weighted by atomic mass is 16.6. The van der Waals surface area contributed by atoms with Crippen molar-refractivity contribution in [2.24, 2.45) is 0 Å². The molecule has 2 amide bonds. The molecular weight excluding hydrogens is 344 g/mol. The van der Waals surface area contributed by atoms with Gasteiger partial charge in [-0.3, -0.25) is 9.59 Å². The first kappa shape index (κ1) is 17.9. The second-order valence-corrected chi connectivity index (χ2v) is 7.56. The van der Waals surface area contributed by atoms with Gasteiger partial charge >= 0.3 is 0 Å². The molecule has 3 aliphatic heterocycles.